The molecule has 0 unspecified atom stereocenters. The Balaban J connectivity index is 1.86. The van der Waals surface area contributed by atoms with E-state index in [2.05, 4.69) is 17.2 Å². The molecule has 7 heteroatoms. The lowest BCUT2D eigenvalue weighted by molar-refractivity contribution is 0.193. The maximum Gasteiger partial charge on any atom is 0.433 e. The highest BCUT2D eigenvalue weighted by atomic mass is 16.5. The number of benzene rings is 2. The van der Waals surface area contributed by atoms with E-state index in [1.165, 1.54) is 6.42 Å². The second-order valence-electron chi connectivity index (χ2n) is 7.30. The molecule has 0 saturated heterocycles. The Morgan fingerprint density at radius 2 is 2.10 bits per heavy atom. The molecule has 0 spiro atoms. The van der Waals surface area contributed by atoms with Crippen LogP contribution in [0.25, 0.3) is 22.2 Å². The molecule has 0 radical (unpaired) electrons. The van der Waals surface area contributed by atoms with Crippen molar-refractivity contribution in [2.75, 3.05) is 17.3 Å². The van der Waals surface area contributed by atoms with Crippen LogP contribution < -0.4 is 21.3 Å². The molecule has 1 saturated carbocycles. The van der Waals surface area contributed by atoms with E-state index in [0.717, 1.165) is 52.0 Å². The number of fused-ring (bicyclic) bond motifs is 1. The Kier molecular flexibility index (Phi) is 5.37. The van der Waals surface area contributed by atoms with E-state index in [9.17, 15) is 4.79 Å². The number of rotatable bonds is 6. The number of hydrogen-bond acceptors (Lipinski definition) is 5. The van der Waals surface area contributed by atoms with Crippen LogP contribution in [0.1, 0.15) is 32.2 Å². The van der Waals surface area contributed by atoms with Gasteiger partial charge in [0.15, 0.2) is 0 Å². The fourth-order valence-electron chi connectivity index (χ4n) is 3.93. The lowest BCUT2D eigenvalue weighted by atomic mass is 9.92. The quantitative estimate of drug-likeness (QED) is 0.261. The molecule has 4 rings (SSSR count). The molecule has 1 aromatic heterocycles. The minimum absolute atomic E-state index is 0.375. The first-order valence-corrected chi connectivity index (χ1v) is 10.1. The molecule has 1 heterocycles. The summed E-state index contributed by atoms with van der Waals surface area (Å²) in [7, 11) is 0. The largest absolute Gasteiger partial charge is 0.494 e. The summed E-state index contributed by atoms with van der Waals surface area (Å²) < 4.78 is 12.8. The van der Waals surface area contributed by atoms with Crippen LogP contribution in [0.2, 0.25) is 0 Å². The van der Waals surface area contributed by atoms with Crippen LogP contribution in [0, 0.1) is 0 Å². The summed E-state index contributed by atoms with van der Waals surface area (Å²) in [5.74, 6) is 6.75. The topological polar surface area (TPSA) is 95.7 Å². The number of hydrazine groups is 1. The first kappa shape index (κ1) is 19.8. The normalized spacial score (nSPS) is 13.7. The Morgan fingerprint density at radius 1 is 1.30 bits per heavy atom. The molecule has 1 aliphatic carbocycles. The van der Waals surface area contributed by atoms with Gasteiger partial charge in [-0.05, 0) is 50.5 Å². The minimum atomic E-state index is -0.712. The van der Waals surface area contributed by atoms with Gasteiger partial charge in [-0.15, -0.1) is 0 Å². The zero-order chi connectivity index (χ0) is 21.3. The molecular formula is C23H26N4O3. The summed E-state index contributed by atoms with van der Waals surface area (Å²) in [6.45, 7) is 5.96. The summed E-state index contributed by atoms with van der Waals surface area (Å²) in [5.41, 5.74) is 10.7. The van der Waals surface area contributed by atoms with Crippen molar-refractivity contribution in [3.05, 3.63) is 55.3 Å². The van der Waals surface area contributed by atoms with Crippen LogP contribution in [0.15, 0.2) is 55.3 Å². The summed E-state index contributed by atoms with van der Waals surface area (Å²) >= 11 is 0. The highest BCUT2D eigenvalue weighted by molar-refractivity contribution is 6.02. The standard InChI is InChI=1S/C23H26N4O3/c1-3-29-18-11-12-19-20(14-18)26(16-8-6-9-16)22(21(19)24)15-7-5-10-17(13-15)27(25)23(28)30-4-2/h4-5,7,10-14,16H,2-3,6,8-9,24-25H2,1H3. The summed E-state index contributed by atoms with van der Waals surface area (Å²) in [5, 5.41) is 1.94. The molecule has 7 nitrogen and oxygen atoms in total. The van der Waals surface area contributed by atoms with Crippen molar-refractivity contribution in [1.82, 2.24) is 4.57 Å². The fraction of sp³-hybridized carbons (Fsp3) is 0.261. The number of nitrogens with two attached hydrogens (primary N) is 2. The van der Waals surface area contributed by atoms with Gasteiger partial charge in [-0.2, -0.15) is 0 Å². The second kappa shape index (κ2) is 8.12. The van der Waals surface area contributed by atoms with Crippen molar-refractivity contribution in [2.24, 2.45) is 5.84 Å². The van der Waals surface area contributed by atoms with Crippen molar-refractivity contribution >= 4 is 28.4 Å². The Hall–Kier alpha value is -3.45. The number of carbonyl (C=O) groups is 1. The van der Waals surface area contributed by atoms with Gasteiger partial charge in [0.2, 0.25) is 0 Å². The zero-order valence-corrected chi connectivity index (χ0v) is 17.0. The van der Waals surface area contributed by atoms with Crippen LogP contribution >= 0.6 is 0 Å². The molecule has 3 aromatic rings. The third-order valence-corrected chi connectivity index (χ3v) is 5.54. The van der Waals surface area contributed by atoms with Crippen LogP contribution in [-0.2, 0) is 4.74 Å². The molecule has 2 aromatic carbocycles. The predicted octanol–water partition coefficient (Wildman–Crippen LogP) is 4.97. The van der Waals surface area contributed by atoms with E-state index in [0.29, 0.717) is 24.0 Å². The van der Waals surface area contributed by atoms with E-state index < -0.39 is 6.09 Å². The van der Waals surface area contributed by atoms with Crippen LogP contribution in [0.4, 0.5) is 16.2 Å². The summed E-state index contributed by atoms with van der Waals surface area (Å²) in [6, 6.07) is 13.8. The van der Waals surface area contributed by atoms with Gasteiger partial charge >= 0.3 is 6.09 Å². The molecule has 30 heavy (non-hydrogen) atoms. The third-order valence-electron chi connectivity index (χ3n) is 5.54. The Bertz CT molecular complexity index is 1100. The van der Waals surface area contributed by atoms with Gasteiger partial charge in [0.05, 0.1) is 35.5 Å². The SMILES string of the molecule is C=COC(=O)N(N)c1cccc(-c2c(N)c3ccc(OCC)cc3n2C2CCC2)c1. The monoisotopic (exact) mass is 406 g/mol. The molecule has 0 bridgehead atoms. The second-order valence-corrected chi connectivity index (χ2v) is 7.30. The first-order valence-electron chi connectivity index (χ1n) is 10.1. The lowest BCUT2D eigenvalue weighted by Crippen LogP contribution is -2.37. The molecular weight excluding hydrogens is 380 g/mol. The van der Waals surface area contributed by atoms with Crippen molar-refractivity contribution in [3.63, 3.8) is 0 Å². The number of carbonyl (C=O) groups excluding carboxylic acids is 1. The van der Waals surface area contributed by atoms with E-state index >= 15 is 0 Å². The molecule has 1 aliphatic rings. The number of anilines is 2. The van der Waals surface area contributed by atoms with Crippen LogP contribution in [0.3, 0.4) is 0 Å². The van der Waals surface area contributed by atoms with E-state index in [1.807, 2.05) is 37.3 Å². The van der Waals surface area contributed by atoms with Gasteiger partial charge < -0.3 is 19.8 Å². The van der Waals surface area contributed by atoms with Crippen molar-refractivity contribution < 1.29 is 14.3 Å². The molecule has 0 aliphatic heterocycles. The molecule has 4 N–H and O–H groups in total. The van der Waals surface area contributed by atoms with Crippen LogP contribution in [0.5, 0.6) is 5.75 Å². The van der Waals surface area contributed by atoms with E-state index in [4.69, 9.17) is 21.1 Å². The van der Waals surface area contributed by atoms with Gasteiger partial charge in [-0.25, -0.2) is 15.6 Å². The Morgan fingerprint density at radius 3 is 2.77 bits per heavy atom. The Labute approximate surface area is 175 Å². The summed E-state index contributed by atoms with van der Waals surface area (Å²) in [4.78, 5) is 12.0. The highest BCUT2D eigenvalue weighted by Gasteiger charge is 2.27. The number of aromatic nitrogens is 1. The zero-order valence-electron chi connectivity index (χ0n) is 17.0. The number of ether oxygens (including phenoxy) is 2. The van der Waals surface area contributed by atoms with Gasteiger partial charge in [-0.1, -0.05) is 18.7 Å². The average Bonchev–Trinajstić information content (AvgIpc) is 2.98. The third kappa shape index (κ3) is 3.37. The van der Waals surface area contributed by atoms with Crippen molar-refractivity contribution in [1.29, 1.82) is 0 Å². The number of nitrogens with zero attached hydrogens (tertiary/aromatic N) is 2. The van der Waals surface area contributed by atoms with Gasteiger partial charge in [0, 0.05) is 23.1 Å². The number of amides is 1. The van der Waals surface area contributed by atoms with Crippen LogP contribution in [-0.4, -0.2) is 17.3 Å². The van der Waals surface area contributed by atoms with E-state index in [1.54, 1.807) is 6.07 Å². The molecule has 156 valence electrons. The maximum atomic E-state index is 12.0. The van der Waals surface area contributed by atoms with Crippen molar-refractivity contribution in [2.45, 2.75) is 32.2 Å². The minimum Gasteiger partial charge on any atom is -0.494 e. The van der Waals surface area contributed by atoms with Gasteiger partial charge in [-0.3, -0.25) is 0 Å². The summed E-state index contributed by atoms with van der Waals surface area (Å²) in [6.07, 6.45) is 3.73. The van der Waals surface area contributed by atoms with E-state index in [-0.39, 0.29) is 0 Å². The number of hydrogen-bond donors (Lipinski definition) is 2. The van der Waals surface area contributed by atoms with Gasteiger partial charge in [0.25, 0.3) is 0 Å². The van der Waals surface area contributed by atoms with Crippen molar-refractivity contribution in [3.8, 4) is 17.0 Å². The van der Waals surface area contributed by atoms with Gasteiger partial charge in [0.1, 0.15) is 5.75 Å². The lowest BCUT2D eigenvalue weighted by Gasteiger charge is -2.30. The first-order chi connectivity index (χ1) is 14.5. The molecule has 1 amide bonds. The maximum absolute atomic E-state index is 12.0. The fourth-order valence-corrected chi connectivity index (χ4v) is 3.93. The average molecular weight is 406 g/mol. The number of nitrogen functional groups attached to an aromatic ring is 1. The predicted molar refractivity (Wildman–Crippen MR) is 119 cm³/mol. The highest BCUT2D eigenvalue weighted by Crippen LogP contribution is 2.45. The molecule has 0 atom stereocenters. The smallest absolute Gasteiger partial charge is 0.433 e. The molecule has 1 fully saturated rings.